The quantitative estimate of drug-likeness (QED) is 0.640. The molecule has 2 rings (SSSR count). The predicted octanol–water partition coefficient (Wildman–Crippen LogP) is 1.39. The Morgan fingerprint density at radius 1 is 1.31 bits per heavy atom. The van der Waals surface area contributed by atoms with E-state index in [1.165, 1.54) is 25.9 Å². The van der Waals surface area contributed by atoms with Crippen LogP contribution in [0.2, 0.25) is 25.7 Å². The van der Waals surface area contributed by atoms with Gasteiger partial charge in [-0.1, -0.05) is 19.6 Å². The molecule has 0 aromatic carbocycles. The van der Waals surface area contributed by atoms with Crippen LogP contribution in [0.3, 0.4) is 0 Å². The van der Waals surface area contributed by atoms with Crippen molar-refractivity contribution in [1.29, 1.82) is 0 Å². The maximum Gasteiger partial charge on any atom is 0.0881 e. The molecule has 0 radical (unpaired) electrons. The normalized spacial score (nSPS) is 39.5. The highest BCUT2D eigenvalue weighted by molar-refractivity contribution is 6.76. The van der Waals surface area contributed by atoms with Crippen LogP contribution in [-0.4, -0.2) is 27.2 Å². The molecule has 1 unspecified atom stereocenters. The van der Waals surface area contributed by atoms with Crippen molar-refractivity contribution in [2.45, 2.75) is 51.0 Å². The molecular formula is C11H24NSi+. The Kier molecular flexibility index (Phi) is 2.54. The Balaban J connectivity index is 1.85. The minimum Gasteiger partial charge on any atom is -0.332 e. The van der Waals surface area contributed by atoms with Crippen LogP contribution in [-0.2, 0) is 0 Å². The number of quaternary nitrogens is 1. The summed E-state index contributed by atoms with van der Waals surface area (Å²) in [6.07, 6.45) is 4.58. The van der Waals surface area contributed by atoms with Gasteiger partial charge in [-0.3, -0.25) is 0 Å². The second kappa shape index (κ2) is 3.39. The molecule has 0 saturated carbocycles. The molecule has 2 saturated heterocycles. The predicted molar refractivity (Wildman–Crippen MR) is 60.0 cm³/mol. The topological polar surface area (TPSA) is 4.44 Å². The summed E-state index contributed by atoms with van der Waals surface area (Å²) in [5, 5.41) is 0. The highest BCUT2D eigenvalue weighted by Gasteiger charge is 2.40. The maximum atomic E-state index is 2.52. The lowest BCUT2D eigenvalue weighted by atomic mass is 10.1. The first-order valence-electron chi connectivity index (χ1n) is 5.89. The van der Waals surface area contributed by atoms with E-state index in [2.05, 4.69) is 19.6 Å². The van der Waals surface area contributed by atoms with Gasteiger partial charge in [0.15, 0.2) is 0 Å². The molecule has 2 aliphatic rings. The van der Waals surface area contributed by atoms with Gasteiger partial charge < -0.3 is 4.90 Å². The number of hydrogen-bond acceptors (Lipinski definition) is 0. The van der Waals surface area contributed by atoms with Crippen molar-refractivity contribution in [2.75, 3.05) is 13.1 Å². The lowest BCUT2D eigenvalue weighted by Gasteiger charge is -2.19. The van der Waals surface area contributed by atoms with Crippen LogP contribution < -0.4 is 4.90 Å². The summed E-state index contributed by atoms with van der Waals surface area (Å²) in [4.78, 5) is 1.95. The fourth-order valence-electron chi connectivity index (χ4n) is 3.42. The molecule has 3 atom stereocenters. The fourth-order valence-corrected chi connectivity index (χ4v) is 5.46. The second-order valence-corrected chi connectivity index (χ2v) is 11.8. The van der Waals surface area contributed by atoms with Crippen LogP contribution in [0.15, 0.2) is 0 Å². The van der Waals surface area contributed by atoms with E-state index >= 15 is 0 Å². The van der Waals surface area contributed by atoms with Crippen molar-refractivity contribution in [2.24, 2.45) is 5.92 Å². The van der Waals surface area contributed by atoms with Gasteiger partial charge >= 0.3 is 0 Å². The van der Waals surface area contributed by atoms with Gasteiger partial charge in [-0.05, 0) is 6.04 Å². The van der Waals surface area contributed by atoms with Gasteiger partial charge in [0.1, 0.15) is 0 Å². The molecule has 0 aromatic rings. The van der Waals surface area contributed by atoms with Crippen molar-refractivity contribution in [1.82, 2.24) is 0 Å². The zero-order valence-electron chi connectivity index (χ0n) is 9.40. The summed E-state index contributed by atoms with van der Waals surface area (Å²) in [5.41, 5.74) is 0. The van der Waals surface area contributed by atoms with E-state index in [9.17, 15) is 0 Å². The molecule has 0 bridgehead atoms. The molecule has 2 heterocycles. The standard InChI is InChI=1S/C11H23NSi/c1-13(2,3)9-10-7-11-5-4-6-12(11)8-10/h10-11H,4-9H2,1-3H3/p+1/t10-,11-/m1/s1. The van der Waals surface area contributed by atoms with Gasteiger partial charge in [0.2, 0.25) is 0 Å². The van der Waals surface area contributed by atoms with Crippen molar-refractivity contribution < 1.29 is 4.90 Å². The van der Waals surface area contributed by atoms with Crippen LogP contribution >= 0.6 is 0 Å². The van der Waals surface area contributed by atoms with Gasteiger partial charge in [-0.25, -0.2) is 0 Å². The van der Waals surface area contributed by atoms with Crippen LogP contribution in [0.1, 0.15) is 19.3 Å². The molecule has 2 fully saturated rings. The highest BCUT2D eigenvalue weighted by Crippen LogP contribution is 2.25. The van der Waals surface area contributed by atoms with Gasteiger partial charge in [-0.2, -0.15) is 0 Å². The van der Waals surface area contributed by atoms with Crippen molar-refractivity contribution in [3.05, 3.63) is 0 Å². The number of hydrogen-bond donors (Lipinski definition) is 1. The lowest BCUT2D eigenvalue weighted by molar-refractivity contribution is -0.900. The number of rotatable bonds is 2. The summed E-state index contributed by atoms with van der Waals surface area (Å²) >= 11 is 0. The number of fused-ring (bicyclic) bond motifs is 1. The van der Waals surface area contributed by atoms with Gasteiger partial charge in [-0.15, -0.1) is 0 Å². The van der Waals surface area contributed by atoms with Crippen LogP contribution in [0.4, 0.5) is 0 Å². The van der Waals surface area contributed by atoms with Crippen LogP contribution in [0, 0.1) is 5.92 Å². The zero-order valence-corrected chi connectivity index (χ0v) is 10.4. The van der Waals surface area contributed by atoms with E-state index in [0.29, 0.717) is 0 Å². The largest absolute Gasteiger partial charge is 0.332 e. The van der Waals surface area contributed by atoms with Crippen LogP contribution in [0.5, 0.6) is 0 Å². The third-order valence-corrected chi connectivity index (χ3v) is 5.50. The maximum absolute atomic E-state index is 2.52. The van der Waals surface area contributed by atoms with E-state index < -0.39 is 8.07 Å². The SMILES string of the molecule is C[Si](C)(C)C[C@@H]1C[C@H]2CCC[NH+]2C1. The first kappa shape index (κ1) is 9.72. The summed E-state index contributed by atoms with van der Waals surface area (Å²) in [6.45, 7) is 10.5. The van der Waals surface area contributed by atoms with Gasteiger partial charge in [0, 0.05) is 33.3 Å². The second-order valence-electron chi connectivity index (χ2n) is 6.32. The van der Waals surface area contributed by atoms with E-state index in [-0.39, 0.29) is 0 Å². The molecular weight excluding hydrogens is 174 g/mol. The van der Waals surface area contributed by atoms with E-state index in [1.54, 1.807) is 12.5 Å². The molecule has 76 valence electrons. The van der Waals surface area contributed by atoms with Crippen LogP contribution in [0.25, 0.3) is 0 Å². The van der Waals surface area contributed by atoms with Gasteiger partial charge in [0.25, 0.3) is 0 Å². The Hall–Kier alpha value is 0.177. The Labute approximate surface area is 83.5 Å². The molecule has 1 nitrogen and oxygen atoms in total. The minimum atomic E-state index is -0.783. The van der Waals surface area contributed by atoms with Crippen molar-refractivity contribution >= 4 is 8.07 Å². The average molecular weight is 198 g/mol. The first-order chi connectivity index (χ1) is 6.04. The summed E-state index contributed by atoms with van der Waals surface area (Å²) in [6, 6.07) is 2.65. The molecule has 1 N–H and O–H groups in total. The molecule has 0 amide bonds. The lowest BCUT2D eigenvalue weighted by Crippen LogP contribution is -3.11. The molecule has 2 heteroatoms. The highest BCUT2D eigenvalue weighted by atomic mass is 28.3. The summed E-state index contributed by atoms with van der Waals surface area (Å²) in [5.74, 6) is 1.09. The summed E-state index contributed by atoms with van der Waals surface area (Å²) in [7, 11) is -0.783. The molecule has 2 aliphatic heterocycles. The van der Waals surface area contributed by atoms with E-state index in [0.717, 1.165) is 12.0 Å². The third-order valence-electron chi connectivity index (χ3n) is 3.70. The Morgan fingerprint density at radius 3 is 2.69 bits per heavy atom. The van der Waals surface area contributed by atoms with Gasteiger partial charge in [0.05, 0.1) is 19.1 Å². The third kappa shape index (κ3) is 2.35. The van der Waals surface area contributed by atoms with E-state index in [1.807, 2.05) is 4.90 Å². The fraction of sp³-hybridized carbons (Fsp3) is 1.00. The number of nitrogens with one attached hydrogen (secondary N) is 1. The monoisotopic (exact) mass is 198 g/mol. The van der Waals surface area contributed by atoms with E-state index in [4.69, 9.17) is 0 Å². The summed E-state index contributed by atoms with van der Waals surface area (Å²) < 4.78 is 0. The Bertz CT molecular complexity index is 173. The minimum absolute atomic E-state index is 0.783. The average Bonchev–Trinajstić information content (AvgIpc) is 2.40. The first-order valence-corrected chi connectivity index (χ1v) is 9.60. The van der Waals surface area contributed by atoms with Crippen molar-refractivity contribution in [3.63, 3.8) is 0 Å². The Morgan fingerprint density at radius 2 is 2.08 bits per heavy atom. The molecule has 0 aromatic heterocycles. The smallest absolute Gasteiger partial charge is 0.0881 e. The zero-order chi connectivity index (χ0) is 9.47. The molecule has 0 spiro atoms. The molecule has 13 heavy (non-hydrogen) atoms. The van der Waals surface area contributed by atoms with Crippen molar-refractivity contribution in [3.8, 4) is 0 Å². The molecule has 0 aliphatic carbocycles.